The van der Waals surface area contributed by atoms with E-state index in [1.807, 2.05) is 0 Å². The van der Waals surface area contributed by atoms with Crippen LogP contribution < -0.4 is 10.6 Å². The Morgan fingerprint density at radius 2 is 1.49 bits per heavy atom. The average Bonchev–Trinajstić information content (AvgIpc) is 2.84. The molecule has 16 heteroatoms. The third-order valence-electron chi connectivity index (χ3n) is 5.41. The minimum atomic E-state index is -4.82. The topological polar surface area (TPSA) is 218 Å². The minimum Gasteiger partial charge on any atom is -0.507 e. The Labute approximate surface area is 232 Å². The van der Waals surface area contributed by atoms with E-state index in [0.717, 1.165) is 24.3 Å². The Balaban J connectivity index is 0.00000420. The van der Waals surface area contributed by atoms with Gasteiger partial charge in [-0.25, -0.2) is 0 Å². The van der Waals surface area contributed by atoms with Gasteiger partial charge in [-0.1, -0.05) is 18.2 Å². The summed E-state index contributed by atoms with van der Waals surface area (Å²) in [5.74, 6) is -1.48. The molecule has 1 radical (unpaired) electrons. The normalized spacial score (nSPS) is 11.9. The first kappa shape index (κ1) is 29.6. The number of fused-ring (bicyclic) bond motifs is 1. The van der Waals surface area contributed by atoms with Crippen molar-refractivity contribution in [2.45, 2.75) is 9.79 Å². The Bertz CT molecular complexity index is 1830. The van der Waals surface area contributed by atoms with E-state index in [4.69, 9.17) is 0 Å². The molecule has 209 valence electrons. The number of aromatic hydroxyl groups is 3. The van der Waals surface area contributed by atoms with Crippen LogP contribution in [-0.4, -0.2) is 48.3 Å². The van der Waals surface area contributed by atoms with Gasteiger partial charge in [-0.2, -0.15) is 16.8 Å². The van der Waals surface area contributed by atoms with Gasteiger partial charge in [0.1, 0.15) is 27.8 Å². The molecule has 0 atom stereocenters. The maximum atomic E-state index is 11.7. The third kappa shape index (κ3) is 6.22. The number of nitrogens with zero attached hydrogens (tertiary/aromatic N) is 2. The van der Waals surface area contributed by atoms with E-state index in [1.54, 1.807) is 18.2 Å². The Morgan fingerprint density at radius 3 is 2.13 bits per heavy atom. The second kappa shape index (κ2) is 11.1. The molecule has 4 aromatic rings. The number of benzene rings is 4. The molecule has 0 fully saturated rings. The van der Waals surface area contributed by atoms with Crippen LogP contribution in [0.3, 0.4) is 0 Å². The van der Waals surface area contributed by atoms with Crippen LogP contribution in [0.25, 0.3) is 10.8 Å². The van der Waals surface area contributed by atoms with E-state index in [1.165, 1.54) is 25.2 Å². The SMILES string of the molecule is CNc1cc(N=Nc2c(Nc3cc(S(=O)(=O)O)ccc3O)ccc3cccc(O)c23)c(O)c(S(=O)(=O)O)c1.[Cu]. The number of anilines is 3. The molecule has 0 saturated carbocycles. The number of azo groups is 1. The summed E-state index contributed by atoms with van der Waals surface area (Å²) in [4.78, 5) is -1.32. The zero-order valence-electron chi connectivity index (χ0n) is 19.7. The number of nitrogens with one attached hydrogen (secondary N) is 2. The van der Waals surface area contributed by atoms with Crippen molar-refractivity contribution >= 4 is 59.4 Å². The number of hydrogen-bond acceptors (Lipinski definition) is 11. The monoisotopic (exact) mass is 623 g/mol. The Hall–Kier alpha value is -3.92. The standard InChI is InChI=1S/C23H20N4O9S2.Cu/c1-24-13-9-17(23(30)20(10-13)38(34,35)36)26-27-22-15(7-5-12-3-2-4-19(29)21(12)22)25-16-11-14(37(31,32)33)6-8-18(16)28;/h2-11,24-25,28-30H,1H3,(H,31,32,33)(H,34,35,36);. The average molecular weight is 624 g/mol. The molecule has 13 nitrogen and oxygen atoms in total. The summed E-state index contributed by atoms with van der Waals surface area (Å²) in [6.07, 6.45) is 0. The van der Waals surface area contributed by atoms with E-state index < -0.39 is 35.8 Å². The maximum Gasteiger partial charge on any atom is 0.298 e. The van der Waals surface area contributed by atoms with Crippen molar-refractivity contribution in [3.8, 4) is 17.2 Å². The van der Waals surface area contributed by atoms with E-state index in [0.29, 0.717) is 5.39 Å². The third-order valence-corrected chi connectivity index (χ3v) is 7.13. The van der Waals surface area contributed by atoms with Crippen LogP contribution in [0.1, 0.15) is 0 Å². The molecular weight excluding hydrogens is 604 g/mol. The van der Waals surface area contributed by atoms with Gasteiger partial charge in [0, 0.05) is 29.8 Å². The second-order valence-electron chi connectivity index (χ2n) is 7.88. The molecule has 0 saturated heterocycles. The van der Waals surface area contributed by atoms with E-state index in [9.17, 15) is 41.3 Å². The van der Waals surface area contributed by atoms with Crippen LogP contribution in [0.5, 0.6) is 17.2 Å². The zero-order valence-corrected chi connectivity index (χ0v) is 22.2. The fraction of sp³-hybridized carbons (Fsp3) is 0.0435. The van der Waals surface area contributed by atoms with Gasteiger partial charge < -0.3 is 26.0 Å². The molecule has 0 aromatic heterocycles. The Morgan fingerprint density at radius 1 is 0.769 bits per heavy atom. The van der Waals surface area contributed by atoms with Gasteiger partial charge in [0.05, 0.1) is 21.7 Å². The first-order valence-electron chi connectivity index (χ1n) is 10.6. The van der Waals surface area contributed by atoms with Gasteiger partial charge in [-0.3, -0.25) is 9.11 Å². The van der Waals surface area contributed by atoms with Crippen LogP contribution in [0.4, 0.5) is 28.4 Å². The van der Waals surface area contributed by atoms with Gasteiger partial charge in [-0.15, -0.1) is 10.2 Å². The number of phenols is 3. The van der Waals surface area contributed by atoms with E-state index in [-0.39, 0.29) is 62.4 Å². The molecule has 7 N–H and O–H groups in total. The van der Waals surface area contributed by atoms with E-state index in [2.05, 4.69) is 20.9 Å². The van der Waals surface area contributed by atoms with Crippen LogP contribution in [0, 0.1) is 0 Å². The summed E-state index contributed by atoms with van der Waals surface area (Å²) in [6, 6.07) is 12.9. The molecule has 0 bridgehead atoms. The molecule has 0 unspecified atom stereocenters. The first-order valence-corrected chi connectivity index (χ1v) is 13.4. The van der Waals surface area contributed by atoms with Crippen molar-refractivity contribution in [3.63, 3.8) is 0 Å². The maximum absolute atomic E-state index is 11.7. The van der Waals surface area contributed by atoms with Crippen LogP contribution >= 0.6 is 0 Å². The fourth-order valence-corrected chi connectivity index (χ4v) is 4.71. The van der Waals surface area contributed by atoms with Gasteiger partial charge in [0.25, 0.3) is 20.2 Å². The fourth-order valence-electron chi connectivity index (χ4n) is 3.58. The molecule has 4 aromatic carbocycles. The number of rotatable bonds is 7. The largest absolute Gasteiger partial charge is 0.507 e. The van der Waals surface area contributed by atoms with Gasteiger partial charge in [0.2, 0.25) is 0 Å². The molecule has 0 amide bonds. The van der Waals surface area contributed by atoms with Crippen molar-refractivity contribution in [2.75, 3.05) is 17.7 Å². The van der Waals surface area contributed by atoms with Crippen LogP contribution in [0.2, 0.25) is 0 Å². The molecule has 0 aliphatic carbocycles. The Kier molecular flexibility index (Phi) is 8.40. The summed E-state index contributed by atoms with van der Waals surface area (Å²) < 4.78 is 65.4. The molecule has 39 heavy (non-hydrogen) atoms. The van der Waals surface area contributed by atoms with Crippen molar-refractivity contribution in [1.29, 1.82) is 0 Å². The van der Waals surface area contributed by atoms with Gasteiger partial charge in [-0.05, 0) is 47.9 Å². The molecule has 4 rings (SSSR count). The predicted molar refractivity (Wildman–Crippen MR) is 138 cm³/mol. The molecule has 0 heterocycles. The summed E-state index contributed by atoms with van der Waals surface area (Å²) >= 11 is 0. The molecule has 0 aliphatic rings. The summed E-state index contributed by atoms with van der Waals surface area (Å²) in [5.41, 5.74) is -0.251. The van der Waals surface area contributed by atoms with Crippen LogP contribution in [-0.2, 0) is 37.3 Å². The van der Waals surface area contributed by atoms with Gasteiger partial charge in [0.15, 0.2) is 5.75 Å². The quantitative estimate of drug-likeness (QED) is 0.0494. The predicted octanol–water partition coefficient (Wildman–Crippen LogP) is 4.65. The smallest absolute Gasteiger partial charge is 0.298 e. The zero-order chi connectivity index (χ0) is 27.8. The second-order valence-corrected chi connectivity index (χ2v) is 10.7. The van der Waals surface area contributed by atoms with Crippen molar-refractivity contribution < 1.29 is 58.3 Å². The number of phenolic OH excluding ortho intramolecular Hbond substituents is 3. The summed E-state index contributed by atoms with van der Waals surface area (Å²) in [6.45, 7) is 0. The van der Waals surface area contributed by atoms with E-state index >= 15 is 0 Å². The molecule has 0 aliphatic heterocycles. The summed E-state index contributed by atoms with van der Waals surface area (Å²) in [7, 11) is -7.95. The molecule has 0 spiro atoms. The summed E-state index contributed by atoms with van der Waals surface area (Å²) in [5, 5.41) is 45.5. The van der Waals surface area contributed by atoms with Crippen molar-refractivity contribution in [3.05, 3.63) is 60.7 Å². The minimum absolute atomic E-state index is 0. The number of hydrogen-bond donors (Lipinski definition) is 7. The van der Waals surface area contributed by atoms with Crippen molar-refractivity contribution in [1.82, 2.24) is 0 Å². The van der Waals surface area contributed by atoms with Crippen LogP contribution in [0.15, 0.2) is 80.7 Å². The van der Waals surface area contributed by atoms with Gasteiger partial charge >= 0.3 is 0 Å². The molecular formula is C23H20CuN4O9S2. The van der Waals surface area contributed by atoms with Crippen molar-refractivity contribution in [2.24, 2.45) is 10.2 Å². The first-order chi connectivity index (χ1) is 17.8.